The van der Waals surface area contributed by atoms with E-state index >= 15 is 0 Å². The Morgan fingerprint density at radius 1 is 1.31 bits per heavy atom. The van der Waals surface area contributed by atoms with Gasteiger partial charge in [-0.15, -0.1) is 0 Å². The molecule has 1 aliphatic rings. The smallest absolute Gasteiger partial charge is 0.456 e. The largest absolute Gasteiger partial charge is 0.466 e. The number of ether oxygens (including phenoxy) is 2. The van der Waals surface area contributed by atoms with Crippen LogP contribution in [0.1, 0.15) is 29.7 Å². The fraction of sp³-hybridized carbons (Fsp3) is 0.368. The maximum absolute atomic E-state index is 13.9. The number of rotatable bonds is 3. The van der Waals surface area contributed by atoms with Crippen molar-refractivity contribution < 1.29 is 37.0 Å². The first-order chi connectivity index (χ1) is 13.5. The summed E-state index contributed by atoms with van der Waals surface area (Å²) < 4.78 is 57.1. The van der Waals surface area contributed by atoms with Gasteiger partial charge in [0, 0.05) is 16.5 Å². The molecule has 0 radical (unpaired) electrons. The van der Waals surface area contributed by atoms with E-state index in [1.807, 2.05) is 0 Å². The highest BCUT2D eigenvalue weighted by atomic mass is 79.9. The Morgan fingerprint density at radius 3 is 2.48 bits per heavy atom. The van der Waals surface area contributed by atoms with E-state index in [1.54, 1.807) is 0 Å². The molecule has 10 heteroatoms. The van der Waals surface area contributed by atoms with Gasteiger partial charge in [0.2, 0.25) is 0 Å². The van der Waals surface area contributed by atoms with Crippen LogP contribution >= 0.6 is 15.9 Å². The van der Waals surface area contributed by atoms with Crippen molar-refractivity contribution in [2.24, 2.45) is 5.92 Å². The minimum atomic E-state index is -5.36. The van der Waals surface area contributed by atoms with Gasteiger partial charge in [-0.05, 0) is 31.5 Å². The summed E-state index contributed by atoms with van der Waals surface area (Å²) in [6, 6.07) is 7.02. The van der Waals surface area contributed by atoms with Gasteiger partial charge in [0.25, 0.3) is 0 Å². The molecule has 2 aromatic rings. The number of fused-ring (bicyclic) bond motifs is 1. The SMILES string of the molecule is CCOC(=O)C1C(c2ccc(Br)cc2)c2c(cc(C)oc2=O)OC1(O)C(F)(F)F. The minimum Gasteiger partial charge on any atom is -0.466 e. The van der Waals surface area contributed by atoms with Crippen LogP contribution in [0.5, 0.6) is 5.75 Å². The van der Waals surface area contributed by atoms with E-state index in [9.17, 15) is 27.9 Å². The number of aryl methyl sites for hydroxylation is 1. The topological polar surface area (TPSA) is 86.0 Å². The van der Waals surface area contributed by atoms with Gasteiger partial charge in [-0.3, -0.25) is 4.79 Å². The van der Waals surface area contributed by atoms with Gasteiger partial charge in [0.05, 0.1) is 12.2 Å². The van der Waals surface area contributed by atoms with Crippen molar-refractivity contribution in [3.05, 3.63) is 62.1 Å². The molecule has 0 aliphatic carbocycles. The predicted molar refractivity (Wildman–Crippen MR) is 97.5 cm³/mol. The van der Waals surface area contributed by atoms with E-state index in [2.05, 4.69) is 15.9 Å². The van der Waals surface area contributed by atoms with E-state index in [-0.39, 0.29) is 23.5 Å². The van der Waals surface area contributed by atoms with Crippen LogP contribution in [0.3, 0.4) is 0 Å². The Morgan fingerprint density at radius 2 is 1.93 bits per heavy atom. The molecule has 0 saturated carbocycles. The molecule has 6 nitrogen and oxygen atoms in total. The van der Waals surface area contributed by atoms with Crippen molar-refractivity contribution >= 4 is 21.9 Å². The van der Waals surface area contributed by atoms with E-state index in [1.165, 1.54) is 38.1 Å². The number of carbonyl (C=O) groups is 1. The van der Waals surface area contributed by atoms with Crippen molar-refractivity contribution in [3.63, 3.8) is 0 Å². The van der Waals surface area contributed by atoms with Crippen molar-refractivity contribution in [2.45, 2.75) is 31.7 Å². The highest BCUT2D eigenvalue weighted by molar-refractivity contribution is 9.10. The Hall–Kier alpha value is -2.33. The van der Waals surface area contributed by atoms with Crippen molar-refractivity contribution in [3.8, 4) is 5.75 Å². The quantitative estimate of drug-likeness (QED) is 0.680. The summed E-state index contributed by atoms with van der Waals surface area (Å²) in [6.07, 6.45) is -5.36. The van der Waals surface area contributed by atoms with Crippen molar-refractivity contribution in [1.29, 1.82) is 0 Å². The predicted octanol–water partition coefficient (Wildman–Crippen LogP) is 3.67. The van der Waals surface area contributed by atoms with E-state index in [0.717, 1.165) is 6.07 Å². The number of aliphatic hydroxyl groups is 1. The zero-order valence-corrected chi connectivity index (χ0v) is 16.8. The van der Waals surface area contributed by atoms with Crippen LogP contribution in [-0.4, -0.2) is 29.6 Å². The second-order valence-corrected chi connectivity index (χ2v) is 7.39. The summed E-state index contributed by atoms with van der Waals surface area (Å²) in [5.41, 5.74) is -1.09. The molecule has 0 saturated heterocycles. The third-order valence-corrected chi connectivity index (χ3v) is 5.11. The Balaban J connectivity index is 2.36. The fourth-order valence-corrected chi connectivity index (χ4v) is 3.64. The molecule has 3 rings (SSSR count). The van der Waals surface area contributed by atoms with Crippen molar-refractivity contribution in [2.75, 3.05) is 6.61 Å². The molecule has 0 amide bonds. The van der Waals surface area contributed by atoms with E-state index in [0.29, 0.717) is 4.47 Å². The molecule has 3 unspecified atom stereocenters. The number of halogens is 4. The second kappa shape index (κ2) is 7.49. The second-order valence-electron chi connectivity index (χ2n) is 6.48. The molecule has 3 atom stereocenters. The lowest BCUT2D eigenvalue weighted by molar-refractivity contribution is -0.359. The van der Waals surface area contributed by atoms with Gasteiger partial charge >= 0.3 is 23.6 Å². The number of alkyl halides is 3. The maximum Gasteiger partial charge on any atom is 0.456 e. The average molecular weight is 477 g/mol. The zero-order chi connectivity index (χ0) is 21.6. The standard InChI is InChI=1S/C19H16BrF3O6/c1-3-27-17(25)15-13(10-4-6-11(20)7-5-10)14-12(8-9(2)28-16(14)24)29-18(15,26)19(21,22)23/h4-8,13,15,26H,3H2,1-2H3. The molecule has 2 heterocycles. The third kappa shape index (κ3) is 3.66. The van der Waals surface area contributed by atoms with Crippen molar-refractivity contribution in [1.82, 2.24) is 0 Å². The molecule has 29 heavy (non-hydrogen) atoms. The van der Waals surface area contributed by atoms with Crippen LogP contribution in [0.2, 0.25) is 0 Å². The monoisotopic (exact) mass is 476 g/mol. The Bertz CT molecular complexity index is 985. The molecule has 1 aromatic carbocycles. The van der Waals surface area contributed by atoms with Gasteiger partial charge in [0.15, 0.2) is 0 Å². The Labute approximate surface area is 171 Å². The maximum atomic E-state index is 13.9. The van der Waals surface area contributed by atoms with E-state index in [4.69, 9.17) is 13.9 Å². The molecule has 1 aliphatic heterocycles. The number of hydrogen-bond acceptors (Lipinski definition) is 6. The van der Waals surface area contributed by atoms with Crippen LogP contribution in [0.15, 0.2) is 44.0 Å². The molecule has 156 valence electrons. The number of hydrogen-bond donors (Lipinski definition) is 1. The molecule has 0 fully saturated rings. The highest BCUT2D eigenvalue weighted by Crippen LogP contribution is 2.52. The highest BCUT2D eigenvalue weighted by Gasteiger charge is 2.69. The lowest BCUT2D eigenvalue weighted by Gasteiger charge is -2.43. The zero-order valence-electron chi connectivity index (χ0n) is 15.2. The summed E-state index contributed by atoms with van der Waals surface area (Å²) in [5.74, 6) is -9.60. The molecule has 1 aromatic heterocycles. The van der Waals surface area contributed by atoms with Gasteiger partial charge in [-0.25, -0.2) is 4.79 Å². The summed E-state index contributed by atoms with van der Waals surface area (Å²) in [5, 5.41) is 10.6. The molecular weight excluding hydrogens is 461 g/mol. The summed E-state index contributed by atoms with van der Waals surface area (Å²) in [7, 11) is 0. The molecular formula is C19H16BrF3O6. The van der Waals surface area contributed by atoms with Gasteiger partial charge in [-0.1, -0.05) is 28.1 Å². The summed E-state index contributed by atoms with van der Waals surface area (Å²) in [6.45, 7) is 2.53. The number of esters is 1. The fourth-order valence-electron chi connectivity index (χ4n) is 3.37. The lowest BCUT2D eigenvalue weighted by Crippen LogP contribution is -2.62. The summed E-state index contributed by atoms with van der Waals surface area (Å²) >= 11 is 3.22. The Kier molecular flexibility index (Phi) is 5.52. The minimum absolute atomic E-state index is 0.0117. The van der Waals surface area contributed by atoms with Crippen LogP contribution in [0.4, 0.5) is 13.2 Å². The first-order valence-electron chi connectivity index (χ1n) is 8.54. The van der Waals surface area contributed by atoms with Crippen LogP contribution < -0.4 is 10.4 Å². The van der Waals surface area contributed by atoms with Gasteiger partial charge in [0.1, 0.15) is 17.4 Å². The van der Waals surface area contributed by atoms with Gasteiger partial charge < -0.3 is 19.0 Å². The summed E-state index contributed by atoms with van der Waals surface area (Å²) in [4.78, 5) is 25.1. The van der Waals surface area contributed by atoms with Crippen LogP contribution in [0, 0.1) is 12.8 Å². The average Bonchev–Trinajstić information content (AvgIpc) is 2.60. The first-order valence-corrected chi connectivity index (χ1v) is 9.33. The van der Waals surface area contributed by atoms with Crippen LogP contribution in [-0.2, 0) is 9.53 Å². The third-order valence-electron chi connectivity index (χ3n) is 4.58. The number of benzene rings is 1. The van der Waals surface area contributed by atoms with E-state index < -0.39 is 41.1 Å². The normalized spacial score (nSPS) is 23.8. The lowest BCUT2D eigenvalue weighted by atomic mass is 9.74. The van der Waals surface area contributed by atoms with Crippen LogP contribution in [0.25, 0.3) is 0 Å². The molecule has 1 N–H and O–H groups in total. The first kappa shape index (κ1) is 21.4. The molecule has 0 spiro atoms. The number of carbonyl (C=O) groups excluding carboxylic acids is 1. The molecule has 0 bridgehead atoms. The van der Waals surface area contributed by atoms with Gasteiger partial charge in [-0.2, -0.15) is 13.2 Å².